The number of nitrogens with one attached hydrogen (secondary N) is 1. The van der Waals surface area contributed by atoms with Crippen molar-refractivity contribution in [1.29, 1.82) is 0 Å². The Labute approximate surface area is 70.7 Å². The van der Waals surface area contributed by atoms with Gasteiger partial charge in [-0.2, -0.15) is 0 Å². The van der Waals surface area contributed by atoms with Crippen LogP contribution < -0.4 is 5.32 Å². The molecule has 0 amide bonds. The summed E-state index contributed by atoms with van der Waals surface area (Å²) in [5, 5.41) is 10.1. The summed E-state index contributed by atoms with van der Waals surface area (Å²) >= 11 is 0. The van der Waals surface area contributed by atoms with Crippen LogP contribution >= 0.6 is 0 Å². The second-order valence-corrected chi connectivity index (χ2v) is 5.08. The maximum atomic E-state index is 11.1. The van der Waals surface area contributed by atoms with E-state index >= 15 is 0 Å². The van der Waals surface area contributed by atoms with E-state index in [-0.39, 0.29) is 12.3 Å². The molecule has 70 valence electrons. The number of hydrogen-bond donors (Lipinski definition) is 2. The molecule has 6 heteroatoms. The first-order chi connectivity index (χ1) is 5.52. The van der Waals surface area contributed by atoms with Gasteiger partial charge in [0.1, 0.15) is 5.37 Å². The summed E-state index contributed by atoms with van der Waals surface area (Å²) in [5.74, 6) is -0.860. The molecule has 12 heavy (non-hydrogen) atoms. The summed E-state index contributed by atoms with van der Waals surface area (Å²) in [6.07, 6.45) is 1.15. The van der Waals surface area contributed by atoms with Crippen molar-refractivity contribution in [2.75, 3.05) is 12.3 Å². The molecule has 0 saturated carbocycles. The van der Waals surface area contributed by atoms with Crippen molar-refractivity contribution >= 4 is 15.8 Å². The Morgan fingerprint density at radius 3 is 2.67 bits per heavy atom. The largest absolute Gasteiger partial charge is 0.480 e. The van der Waals surface area contributed by atoms with Crippen LogP contribution in [0.4, 0.5) is 0 Å². The number of carbonyl (C=O) groups is 1. The molecular formula is C6H11NO4S. The number of carboxylic acids is 1. The van der Waals surface area contributed by atoms with Crippen molar-refractivity contribution in [3.63, 3.8) is 0 Å². The molecule has 1 saturated heterocycles. The van der Waals surface area contributed by atoms with Crippen molar-refractivity contribution in [3.05, 3.63) is 0 Å². The van der Waals surface area contributed by atoms with Crippen LogP contribution in [0.25, 0.3) is 0 Å². The van der Waals surface area contributed by atoms with Gasteiger partial charge in [0.25, 0.3) is 0 Å². The van der Waals surface area contributed by atoms with Crippen molar-refractivity contribution in [2.24, 2.45) is 0 Å². The monoisotopic (exact) mass is 193 g/mol. The first-order valence-electron chi connectivity index (χ1n) is 3.69. The molecule has 1 aliphatic heterocycles. The zero-order chi connectivity index (χ0) is 9.19. The summed E-state index contributed by atoms with van der Waals surface area (Å²) in [7, 11) is -3.06. The van der Waals surface area contributed by atoms with Gasteiger partial charge < -0.3 is 5.11 Å². The fourth-order valence-corrected chi connectivity index (χ4v) is 2.94. The van der Waals surface area contributed by atoms with Gasteiger partial charge >= 0.3 is 5.97 Å². The standard InChI is InChI=1S/C6H11NO4S/c8-6(9)4-7-5-2-1-3-12(5,10)11/h5,7H,1-4H2,(H,8,9). The third-order valence-corrected chi connectivity index (χ3v) is 3.94. The molecule has 0 aromatic rings. The Balaban J connectivity index is 2.48. The average Bonchev–Trinajstić information content (AvgIpc) is 2.25. The second kappa shape index (κ2) is 3.40. The Morgan fingerprint density at radius 2 is 2.25 bits per heavy atom. The van der Waals surface area contributed by atoms with E-state index in [0.717, 1.165) is 0 Å². The SMILES string of the molecule is O=C(O)CNC1CCCS1(=O)=O. The first-order valence-corrected chi connectivity index (χ1v) is 5.40. The Hall–Kier alpha value is -0.620. The molecule has 0 aromatic carbocycles. The second-order valence-electron chi connectivity index (χ2n) is 2.77. The summed E-state index contributed by atoms with van der Waals surface area (Å²) in [4.78, 5) is 10.1. The molecule has 0 spiro atoms. The molecule has 2 N–H and O–H groups in total. The third kappa shape index (κ3) is 2.18. The van der Waals surface area contributed by atoms with E-state index in [1.165, 1.54) is 0 Å². The predicted octanol–water partition coefficient (Wildman–Crippen LogP) is -0.805. The number of aliphatic carboxylic acids is 1. The fraction of sp³-hybridized carbons (Fsp3) is 0.833. The molecule has 1 rings (SSSR count). The molecule has 1 atom stereocenters. The van der Waals surface area contributed by atoms with Crippen molar-refractivity contribution in [2.45, 2.75) is 18.2 Å². The highest BCUT2D eigenvalue weighted by Gasteiger charge is 2.30. The van der Waals surface area contributed by atoms with Crippen LogP contribution in [0.1, 0.15) is 12.8 Å². The van der Waals surface area contributed by atoms with Gasteiger partial charge in [-0.3, -0.25) is 10.1 Å². The number of carboxylic acid groups (broad SMARTS) is 1. The lowest BCUT2D eigenvalue weighted by Gasteiger charge is -2.08. The van der Waals surface area contributed by atoms with E-state index in [1.54, 1.807) is 0 Å². The molecule has 1 fully saturated rings. The number of rotatable bonds is 3. The topological polar surface area (TPSA) is 83.5 Å². The lowest BCUT2D eigenvalue weighted by atomic mass is 10.3. The van der Waals surface area contributed by atoms with Gasteiger partial charge in [-0.15, -0.1) is 0 Å². The first kappa shape index (κ1) is 9.47. The maximum absolute atomic E-state index is 11.1. The molecular weight excluding hydrogens is 182 g/mol. The summed E-state index contributed by atoms with van der Waals surface area (Å²) < 4.78 is 22.2. The number of sulfone groups is 1. The number of hydrogen-bond acceptors (Lipinski definition) is 4. The summed E-state index contributed by atoms with van der Waals surface area (Å²) in [6, 6.07) is 0. The molecule has 0 aliphatic carbocycles. The maximum Gasteiger partial charge on any atom is 0.317 e. The van der Waals surface area contributed by atoms with Crippen LogP contribution in [0, 0.1) is 0 Å². The minimum atomic E-state index is -3.06. The Kier molecular flexibility index (Phi) is 2.69. The van der Waals surface area contributed by atoms with Crippen molar-refractivity contribution in [3.8, 4) is 0 Å². The molecule has 5 nitrogen and oxygen atoms in total. The smallest absolute Gasteiger partial charge is 0.317 e. The minimum Gasteiger partial charge on any atom is -0.480 e. The Bertz CT molecular complexity index is 271. The van der Waals surface area contributed by atoms with Gasteiger partial charge in [0.2, 0.25) is 0 Å². The van der Waals surface area contributed by atoms with Gasteiger partial charge in [-0.1, -0.05) is 0 Å². The summed E-state index contributed by atoms with van der Waals surface area (Å²) in [5.41, 5.74) is 0. The molecule has 0 bridgehead atoms. The zero-order valence-corrected chi connectivity index (χ0v) is 7.30. The van der Waals surface area contributed by atoms with Crippen LogP contribution in [-0.4, -0.2) is 37.2 Å². The van der Waals surface area contributed by atoms with Gasteiger partial charge in [-0.05, 0) is 12.8 Å². The van der Waals surface area contributed by atoms with E-state index in [1.807, 2.05) is 0 Å². The average molecular weight is 193 g/mol. The van der Waals surface area contributed by atoms with E-state index in [4.69, 9.17) is 5.11 Å². The van der Waals surface area contributed by atoms with E-state index in [9.17, 15) is 13.2 Å². The molecule has 1 unspecified atom stereocenters. The molecule has 0 radical (unpaired) electrons. The Morgan fingerprint density at radius 1 is 1.58 bits per heavy atom. The zero-order valence-electron chi connectivity index (χ0n) is 6.49. The highest BCUT2D eigenvalue weighted by Crippen LogP contribution is 2.16. The van der Waals surface area contributed by atoms with Gasteiger partial charge in [0.15, 0.2) is 9.84 Å². The molecule has 0 aromatic heterocycles. The lowest BCUT2D eigenvalue weighted by Crippen LogP contribution is -2.36. The minimum absolute atomic E-state index is 0.171. The fourth-order valence-electron chi connectivity index (χ4n) is 1.22. The van der Waals surface area contributed by atoms with E-state index in [0.29, 0.717) is 12.8 Å². The highest BCUT2D eigenvalue weighted by atomic mass is 32.2. The van der Waals surface area contributed by atoms with Crippen LogP contribution in [0.15, 0.2) is 0 Å². The van der Waals surface area contributed by atoms with Gasteiger partial charge in [0, 0.05) is 0 Å². The van der Waals surface area contributed by atoms with E-state index in [2.05, 4.69) is 5.32 Å². The third-order valence-electron chi connectivity index (χ3n) is 1.81. The van der Waals surface area contributed by atoms with Crippen molar-refractivity contribution < 1.29 is 18.3 Å². The van der Waals surface area contributed by atoms with E-state index < -0.39 is 21.2 Å². The van der Waals surface area contributed by atoms with Crippen molar-refractivity contribution in [1.82, 2.24) is 5.32 Å². The lowest BCUT2D eigenvalue weighted by molar-refractivity contribution is -0.136. The quantitative estimate of drug-likeness (QED) is 0.612. The van der Waals surface area contributed by atoms with Crippen LogP contribution in [0.5, 0.6) is 0 Å². The van der Waals surface area contributed by atoms with Gasteiger partial charge in [0.05, 0.1) is 12.3 Å². The van der Waals surface area contributed by atoms with Crippen LogP contribution in [0.2, 0.25) is 0 Å². The van der Waals surface area contributed by atoms with Crippen LogP contribution in [-0.2, 0) is 14.6 Å². The van der Waals surface area contributed by atoms with Crippen LogP contribution in [0.3, 0.4) is 0 Å². The highest BCUT2D eigenvalue weighted by molar-refractivity contribution is 7.92. The molecule has 1 heterocycles. The predicted molar refractivity (Wildman–Crippen MR) is 42.4 cm³/mol. The summed E-state index contributed by atoms with van der Waals surface area (Å²) in [6.45, 7) is -0.288. The normalized spacial score (nSPS) is 27.2. The van der Waals surface area contributed by atoms with Gasteiger partial charge in [-0.25, -0.2) is 8.42 Å². The molecule has 1 aliphatic rings.